The van der Waals surface area contributed by atoms with Crippen LogP contribution >= 0.6 is 11.3 Å². The lowest BCUT2D eigenvalue weighted by Crippen LogP contribution is -2.30. The minimum atomic E-state index is 0.00332. The van der Waals surface area contributed by atoms with Crippen LogP contribution < -0.4 is 5.32 Å². The van der Waals surface area contributed by atoms with E-state index in [1.165, 1.54) is 5.56 Å². The number of carbonyl (C=O) groups is 1. The number of nitrogens with one attached hydrogen (secondary N) is 1. The fourth-order valence-electron chi connectivity index (χ4n) is 2.00. The molecule has 0 aliphatic carbocycles. The number of thiophene rings is 1. The van der Waals surface area contributed by atoms with E-state index in [0.29, 0.717) is 12.2 Å². The molecule has 0 spiro atoms. The molecule has 3 nitrogen and oxygen atoms in total. The van der Waals surface area contributed by atoms with E-state index in [1.54, 1.807) is 18.4 Å². The molecular weight excluding hydrogens is 222 g/mol. The second kappa shape index (κ2) is 5.57. The summed E-state index contributed by atoms with van der Waals surface area (Å²) in [4.78, 5) is 11.9. The second-order valence-corrected chi connectivity index (χ2v) is 4.93. The molecule has 1 fully saturated rings. The van der Waals surface area contributed by atoms with Crippen LogP contribution in [0.2, 0.25) is 0 Å². The van der Waals surface area contributed by atoms with Crippen LogP contribution in [0.3, 0.4) is 0 Å². The monoisotopic (exact) mass is 239 g/mol. The van der Waals surface area contributed by atoms with Gasteiger partial charge in [-0.15, -0.1) is 0 Å². The fraction of sp³-hybridized carbons (Fsp3) is 0.583. The van der Waals surface area contributed by atoms with Crippen LogP contribution in [0.25, 0.3) is 0 Å². The van der Waals surface area contributed by atoms with Crippen molar-refractivity contribution in [1.82, 2.24) is 5.32 Å². The quantitative estimate of drug-likeness (QED) is 0.848. The van der Waals surface area contributed by atoms with Gasteiger partial charge in [-0.25, -0.2) is 0 Å². The average molecular weight is 239 g/mol. The first-order valence-corrected chi connectivity index (χ1v) is 6.54. The van der Waals surface area contributed by atoms with Crippen molar-refractivity contribution in [3.63, 3.8) is 0 Å². The van der Waals surface area contributed by atoms with Crippen molar-refractivity contribution >= 4 is 17.1 Å². The Morgan fingerprint density at radius 1 is 1.69 bits per heavy atom. The summed E-state index contributed by atoms with van der Waals surface area (Å²) in [6.07, 6.45) is 2.51. The van der Waals surface area contributed by atoms with Gasteiger partial charge in [-0.2, -0.15) is 11.3 Å². The summed E-state index contributed by atoms with van der Waals surface area (Å²) < 4.78 is 5.23. The number of rotatable bonds is 5. The Bertz CT molecular complexity index is 337. The van der Waals surface area contributed by atoms with Crippen molar-refractivity contribution < 1.29 is 9.53 Å². The third-order valence-electron chi connectivity index (χ3n) is 3.05. The highest BCUT2D eigenvalue weighted by Crippen LogP contribution is 2.14. The number of hydrogen-bond donors (Lipinski definition) is 1. The van der Waals surface area contributed by atoms with Crippen molar-refractivity contribution in [2.75, 3.05) is 13.7 Å². The second-order valence-electron chi connectivity index (χ2n) is 4.15. The summed E-state index contributed by atoms with van der Waals surface area (Å²) in [6.45, 7) is 0.797. The first-order valence-electron chi connectivity index (χ1n) is 5.59. The minimum absolute atomic E-state index is 0.00332. The molecule has 88 valence electrons. The molecule has 0 bridgehead atoms. The predicted molar refractivity (Wildman–Crippen MR) is 64.9 cm³/mol. The van der Waals surface area contributed by atoms with Gasteiger partial charge in [0.25, 0.3) is 0 Å². The van der Waals surface area contributed by atoms with Crippen molar-refractivity contribution in [2.24, 2.45) is 0 Å². The van der Waals surface area contributed by atoms with E-state index in [2.05, 4.69) is 22.1 Å². The highest BCUT2D eigenvalue weighted by atomic mass is 32.1. The molecule has 2 heterocycles. The summed E-state index contributed by atoms with van der Waals surface area (Å²) in [6, 6.07) is 2.08. The zero-order valence-electron chi connectivity index (χ0n) is 9.44. The first kappa shape index (κ1) is 11.8. The van der Waals surface area contributed by atoms with Crippen molar-refractivity contribution in [1.29, 1.82) is 0 Å². The Kier molecular flexibility index (Phi) is 4.09. The summed E-state index contributed by atoms with van der Waals surface area (Å²) >= 11 is 1.68. The summed E-state index contributed by atoms with van der Waals surface area (Å²) in [5.41, 5.74) is 1.26. The van der Waals surface area contributed by atoms with E-state index in [4.69, 9.17) is 4.74 Å². The van der Waals surface area contributed by atoms with Crippen molar-refractivity contribution in [3.8, 4) is 0 Å². The van der Waals surface area contributed by atoms with Crippen LogP contribution in [0, 0.1) is 0 Å². The standard InChI is InChI=1S/C12H17NO2S/c1-15-10-6-11(13-7-10)12(14)3-2-9-4-5-16-8-9/h4-5,8,10-11,13H,2-3,6-7H2,1H3. The Morgan fingerprint density at radius 2 is 2.56 bits per heavy atom. The SMILES string of the molecule is COC1CNC(C(=O)CCc2ccsc2)C1. The van der Waals surface area contributed by atoms with Crippen molar-refractivity contribution in [3.05, 3.63) is 22.4 Å². The van der Waals surface area contributed by atoms with E-state index < -0.39 is 0 Å². The average Bonchev–Trinajstić information content (AvgIpc) is 2.96. The topological polar surface area (TPSA) is 38.3 Å². The van der Waals surface area contributed by atoms with Gasteiger partial charge in [-0.1, -0.05) is 0 Å². The first-order chi connectivity index (χ1) is 7.79. The molecule has 0 radical (unpaired) electrons. The van der Waals surface area contributed by atoms with Gasteiger partial charge < -0.3 is 10.1 Å². The molecule has 0 aromatic carbocycles. The molecule has 1 saturated heterocycles. The number of aryl methyl sites for hydroxylation is 1. The lowest BCUT2D eigenvalue weighted by atomic mass is 10.0. The van der Waals surface area contributed by atoms with Gasteiger partial charge in [0, 0.05) is 20.1 Å². The third-order valence-corrected chi connectivity index (χ3v) is 3.78. The molecule has 1 aromatic heterocycles. The molecule has 0 amide bonds. The van der Waals surface area contributed by atoms with Crippen LogP contribution in [-0.2, 0) is 16.0 Å². The van der Waals surface area contributed by atoms with E-state index >= 15 is 0 Å². The highest BCUT2D eigenvalue weighted by Gasteiger charge is 2.28. The van der Waals surface area contributed by atoms with E-state index in [-0.39, 0.29) is 12.1 Å². The number of Topliss-reactive ketones (excluding diaryl/α,β-unsaturated/α-hetero) is 1. The van der Waals surface area contributed by atoms with Gasteiger partial charge in [0.05, 0.1) is 12.1 Å². The Hall–Kier alpha value is -0.710. The number of ether oxygens (including phenoxy) is 1. The summed E-state index contributed by atoms with van der Waals surface area (Å²) in [5.74, 6) is 0.311. The maximum Gasteiger partial charge on any atom is 0.150 e. The maximum absolute atomic E-state index is 11.9. The van der Waals surface area contributed by atoms with Gasteiger partial charge in [-0.3, -0.25) is 4.79 Å². The lowest BCUT2D eigenvalue weighted by molar-refractivity contribution is -0.120. The van der Waals surface area contributed by atoms with Crippen LogP contribution in [0.5, 0.6) is 0 Å². The molecule has 4 heteroatoms. The van der Waals surface area contributed by atoms with Crippen molar-refractivity contribution in [2.45, 2.75) is 31.4 Å². The molecule has 1 aromatic rings. The molecule has 1 aliphatic rings. The summed E-state index contributed by atoms with van der Waals surface area (Å²) in [5, 5.41) is 7.37. The normalized spacial score (nSPS) is 24.8. The van der Waals surface area contributed by atoms with Crippen LogP contribution in [0.1, 0.15) is 18.4 Å². The van der Waals surface area contributed by atoms with E-state index in [0.717, 1.165) is 19.4 Å². The fourth-order valence-corrected chi connectivity index (χ4v) is 2.71. The Morgan fingerprint density at radius 3 is 3.19 bits per heavy atom. The van der Waals surface area contributed by atoms with Crippen LogP contribution in [0.4, 0.5) is 0 Å². The van der Waals surface area contributed by atoms with Gasteiger partial charge in [0.15, 0.2) is 0 Å². The third kappa shape index (κ3) is 2.90. The Labute approximate surface area is 99.8 Å². The molecule has 2 atom stereocenters. The molecule has 1 N–H and O–H groups in total. The number of carbonyl (C=O) groups excluding carboxylic acids is 1. The van der Waals surface area contributed by atoms with Gasteiger partial charge in [0.2, 0.25) is 0 Å². The maximum atomic E-state index is 11.9. The molecule has 2 rings (SSSR count). The minimum Gasteiger partial charge on any atom is -0.380 e. The number of hydrogen-bond acceptors (Lipinski definition) is 4. The van der Waals surface area contributed by atoms with E-state index in [9.17, 15) is 4.79 Å². The van der Waals surface area contributed by atoms with Gasteiger partial charge >= 0.3 is 0 Å². The largest absolute Gasteiger partial charge is 0.380 e. The van der Waals surface area contributed by atoms with Crippen LogP contribution in [0.15, 0.2) is 16.8 Å². The molecule has 16 heavy (non-hydrogen) atoms. The Balaban J connectivity index is 1.76. The van der Waals surface area contributed by atoms with Crippen LogP contribution in [-0.4, -0.2) is 31.6 Å². The lowest BCUT2D eigenvalue weighted by Gasteiger charge is -2.08. The molecule has 2 unspecified atom stereocenters. The molecule has 0 saturated carbocycles. The smallest absolute Gasteiger partial charge is 0.150 e. The number of ketones is 1. The predicted octanol–water partition coefficient (Wildman–Crippen LogP) is 1.63. The van der Waals surface area contributed by atoms with Gasteiger partial charge in [0.1, 0.15) is 5.78 Å². The summed E-state index contributed by atoms with van der Waals surface area (Å²) in [7, 11) is 1.70. The zero-order valence-corrected chi connectivity index (χ0v) is 10.3. The highest BCUT2D eigenvalue weighted by molar-refractivity contribution is 7.07. The van der Waals surface area contributed by atoms with E-state index in [1.807, 2.05) is 0 Å². The molecule has 1 aliphatic heterocycles. The zero-order chi connectivity index (χ0) is 11.4. The molecular formula is C12H17NO2S. The number of methoxy groups -OCH3 is 1. The van der Waals surface area contributed by atoms with Gasteiger partial charge in [-0.05, 0) is 35.2 Å².